The van der Waals surface area contributed by atoms with E-state index in [9.17, 15) is 9.59 Å². The molecule has 0 saturated heterocycles. The number of halogens is 1. The first-order valence-electron chi connectivity index (χ1n) is 8.47. The van der Waals surface area contributed by atoms with Crippen LogP contribution in [-0.2, 0) is 4.79 Å². The van der Waals surface area contributed by atoms with Crippen molar-refractivity contribution in [2.24, 2.45) is 5.73 Å². The molecule has 27 heavy (non-hydrogen) atoms. The number of nitrogens with two attached hydrogens (primary N) is 1. The van der Waals surface area contributed by atoms with Crippen molar-refractivity contribution >= 4 is 34.8 Å². The summed E-state index contributed by atoms with van der Waals surface area (Å²) < 4.78 is 11.0. The number of ether oxygens (including phenoxy) is 2. The molecule has 0 aromatic heterocycles. The first-order valence-corrected chi connectivity index (χ1v) is 8.85. The highest BCUT2D eigenvalue weighted by Gasteiger charge is 2.10. The van der Waals surface area contributed by atoms with E-state index in [1.807, 2.05) is 13.8 Å². The van der Waals surface area contributed by atoms with Gasteiger partial charge in [0.25, 0.3) is 0 Å². The van der Waals surface area contributed by atoms with E-state index in [-0.39, 0.29) is 23.0 Å². The molecule has 144 valence electrons. The fourth-order valence-electron chi connectivity index (χ4n) is 2.34. The van der Waals surface area contributed by atoms with Crippen molar-refractivity contribution in [3.05, 3.63) is 47.0 Å². The predicted molar refractivity (Wildman–Crippen MR) is 106 cm³/mol. The van der Waals surface area contributed by atoms with Gasteiger partial charge in [-0.1, -0.05) is 11.6 Å². The quantitative estimate of drug-likeness (QED) is 0.608. The monoisotopic (exact) mass is 391 g/mol. The van der Waals surface area contributed by atoms with E-state index >= 15 is 0 Å². The minimum absolute atomic E-state index is 0.0173. The molecule has 8 heteroatoms. The van der Waals surface area contributed by atoms with Crippen molar-refractivity contribution in [1.82, 2.24) is 0 Å². The summed E-state index contributed by atoms with van der Waals surface area (Å²) in [6, 6.07) is 9.88. The van der Waals surface area contributed by atoms with Crippen LogP contribution in [0.1, 0.15) is 24.2 Å². The molecule has 0 aliphatic carbocycles. The fourth-order valence-corrected chi connectivity index (χ4v) is 2.61. The molecular formula is C19H22ClN3O4. The molecule has 0 heterocycles. The average molecular weight is 392 g/mol. The molecule has 0 atom stereocenters. The van der Waals surface area contributed by atoms with Crippen LogP contribution in [0.2, 0.25) is 5.02 Å². The number of anilines is 2. The second-order valence-electron chi connectivity index (χ2n) is 5.49. The zero-order valence-electron chi connectivity index (χ0n) is 15.2. The minimum atomic E-state index is -0.607. The molecule has 0 aliphatic heterocycles. The van der Waals surface area contributed by atoms with Crippen LogP contribution in [0, 0.1) is 0 Å². The number of carbonyl (C=O) groups excluding carboxylic acids is 2. The van der Waals surface area contributed by atoms with Gasteiger partial charge in [-0.3, -0.25) is 9.59 Å². The Bertz CT molecular complexity index is 827. The van der Waals surface area contributed by atoms with E-state index in [2.05, 4.69) is 10.6 Å². The summed E-state index contributed by atoms with van der Waals surface area (Å²) in [5.74, 6) is 0.334. The van der Waals surface area contributed by atoms with Gasteiger partial charge >= 0.3 is 0 Å². The van der Waals surface area contributed by atoms with Gasteiger partial charge in [0, 0.05) is 17.4 Å². The van der Waals surface area contributed by atoms with Crippen LogP contribution in [0.15, 0.2) is 36.4 Å². The third kappa shape index (κ3) is 5.79. The first-order chi connectivity index (χ1) is 12.9. The van der Waals surface area contributed by atoms with Crippen molar-refractivity contribution in [1.29, 1.82) is 0 Å². The maximum absolute atomic E-state index is 12.2. The van der Waals surface area contributed by atoms with Crippen molar-refractivity contribution in [2.75, 3.05) is 30.4 Å². The van der Waals surface area contributed by atoms with Crippen LogP contribution < -0.4 is 25.8 Å². The van der Waals surface area contributed by atoms with E-state index in [1.165, 1.54) is 6.07 Å². The second-order valence-corrected chi connectivity index (χ2v) is 5.90. The van der Waals surface area contributed by atoms with Crippen molar-refractivity contribution in [3.8, 4) is 11.5 Å². The topological polar surface area (TPSA) is 103 Å². The lowest BCUT2D eigenvalue weighted by Gasteiger charge is -2.13. The maximum atomic E-state index is 12.2. The molecule has 0 unspecified atom stereocenters. The van der Waals surface area contributed by atoms with E-state index in [0.717, 1.165) is 0 Å². The van der Waals surface area contributed by atoms with Gasteiger partial charge in [-0.15, -0.1) is 0 Å². The van der Waals surface area contributed by atoms with Gasteiger partial charge in [-0.2, -0.15) is 0 Å². The van der Waals surface area contributed by atoms with Gasteiger partial charge in [0.15, 0.2) is 11.5 Å². The lowest BCUT2D eigenvalue weighted by atomic mass is 10.2. The van der Waals surface area contributed by atoms with Crippen LogP contribution >= 0.6 is 11.6 Å². The SMILES string of the molecule is CCOc1ccc(NC(=O)CNc2ccc(C(N)=O)c(Cl)c2)cc1OCC. The maximum Gasteiger partial charge on any atom is 0.250 e. The molecule has 0 bridgehead atoms. The Balaban J connectivity index is 1.98. The van der Waals surface area contributed by atoms with Crippen LogP contribution in [0.4, 0.5) is 11.4 Å². The summed E-state index contributed by atoms with van der Waals surface area (Å²) in [5, 5.41) is 5.94. The smallest absolute Gasteiger partial charge is 0.250 e. The number of amides is 2. The van der Waals surface area contributed by atoms with Gasteiger partial charge in [0.1, 0.15) is 0 Å². The van der Waals surface area contributed by atoms with E-state index < -0.39 is 5.91 Å². The Morgan fingerprint density at radius 3 is 2.30 bits per heavy atom. The van der Waals surface area contributed by atoms with Crippen LogP contribution in [0.5, 0.6) is 11.5 Å². The lowest BCUT2D eigenvalue weighted by molar-refractivity contribution is -0.114. The highest BCUT2D eigenvalue weighted by Crippen LogP contribution is 2.30. The molecule has 2 rings (SSSR count). The normalized spacial score (nSPS) is 10.2. The number of primary amides is 1. The van der Waals surface area contributed by atoms with Crippen molar-refractivity contribution < 1.29 is 19.1 Å². The van der Waals surface area contributed by atoms with Crippen molar-refractivity contribution in [3.63, 3.8) is 0 Å². The van der Waals surface area contributed by atoms with Crippen LogP contribution in [0.25, 0.3) is 0 Å². The average Bonchev–Trinajstić information content (AvgIpc) is 2.62. The van der Waals surface area contributed by atoms with E-state index in [0.29, 0.717) is 36.1 Å². The highest BCUT2D eigenvalue weighted by molar-refractivity contribution is 6.34. The van der Waals surface area contributed by atoms with Gasteiger partial charge in [0.2, 0.25) is 11.8 Å². The van der Waals surface area contributed by atoms with Gasteiger partial charge in [0.05, 0.1) is 30.3 Å². The lowest BCUT2D eigenvalue weighted by Crippen LogP contribution is -2.22. The van der Waals surface area contributed by atoms with Crippen LogP contribution in [0.3, 0.4) is 0 Å². The molecular weight excluding hydrogens is 370 g/mol. The summed E-state index contributed by atoms with van der Waals surface area (Å²) in [4.78, 5) is 23.3. The zero-order chi connectivity index (χ0) is 19.8. The number of hydrogen-bond acceptors (Lipinski definition) is 5. The molecule has 0 fully saturated rings. The Hall–Kier alpha value is -2.93. The number of benzene rings is 2. The third-order valence-corrected chi connectivity index (χ3v) is 3.83. The largest absolute Gasteiger partial charge is 0.490 e. The Morgan fingerprint density at radius 2 is 1.67 bits per heavy atom. The van der Waals surface area contributed by atoms with Gasteiger partial charge < -0.3 is 25.8 Å². The molecule has 0 saturated carbocycles. The van der Waals surface area contributed by atoms with Crippen molar-refractivity contribution in [2.45, 2.75) is 13.8 Å². The number of rotatable bonds is 9. The molecule has 0 spiro atoms. The molecule has 2 aromatic rings. The zero-order valence-corrected chi connectivity index (χ0v) is 15.9. The summed E-state index contributed by atoms with van der Waals surface area (Å²) in [5.41, 5.74) is 6.63. The summed E-state index contributed by atoms with van der Waals surface area (Å²) in [7, 11) is 0. The fraction of sp³-hybridized carbons (Fsp3) is 0.263. The van der Waals surface area contributed by atoms with Crippen LogP contribution in [-0.4, -0.2) is 31.6 Å². The number of hydrogen-bond donors (Lipinski definition) is 3. The second kappa shape index (κ2) is 9.68. The summed E-state index contributed by atoms with van der Waals surface area (Å²) in [6.45, 7) is 4.79. The molecule has 7 nitrogen and oxygen atoms in total. The molecule has 4 N–H and O–H groups in total. The molecule has 0 aliphatic rings. The minimum Gasteiger partial charge on any atom is -0.490 e. The van der Waals surface area contributed by atoms with E-state index in [4.69, 9.17) is 26.8 Å². The van der Waals surface area contributed by atoms with Gasteiger partial charge in [-0.25, -0.2) is 0 Å². The van der Waals surface area contributed by atoms with Gasteiger partial charge in [-0.05, 0) is 44.2 Å². The third-order valence-electron chi connectivity index (χ3n) is 3.51. The molecule has 2 amide bonds. The summed E-state index contributed by atoms with van der Waals surface area (Å²) in [6.07, 6.45) is 0. The van der Waals surface area contributed by atoms with E-state index in [1.54, 1.807) is 30.3 Å². The number of carbonyl (C=O) groups is 2. The summed E-state index contributed by atoms with van der Waals surface area (Å²) >= 11 is 5.99. The predicted octanol–water partition coefficient (Wildman–Crippen LogP) is 3.29. The standard InChI is InChI=1S/C19H22ClN3O4/c1-3-26-16-8-6-13(10-17(16)27-4-2)23-18(24)11-22-12-5-7-14(19(21)25)15(20)9-12/h5-10,22H,3-4,11H2,1-2H3,(H2,21,25)(H,23,24). The Labute approximate surface area is 162 Å². The Kier molecular flexibility index (Phi) is 7.31. The molecule has 0 radical (unpaired) electrons. The first kappa shape index (κ1) is 20.4. The highest BCUT2D eigenvalue weighted by atomic mass is 35.5. The number of nitrogens with one attached hydrogen (secondary N) is 2. The molecule has 2 aromatic carbocycles. The Morgan fingerprint density at radius 1 is 1.00 bits per heavy atom.